The van der Waals surface area contributed by atoms with E-state index in [0.717, 1.165) is 23.6 Å². The van der Waals surface area contributed by atoms with E-state index in [0.29, 0.717) is 11.9 Å². The number of hydrogen-bond donors (Lipinski definition) is 1. The maximum absolute atomic E-state index is 5.30. The van der Waals surface area contributed by atoms with Gasteiger partial charge in [-0.3, -0.25) is 0 Å². The van der Waals surface area contributed by atoms with Crippen molar-refractivity contribution in [1.29, 1.82) is 0 Å². The highest BCUT2D eigenvalue weighted by Gasteiger charge is 2.19. The lowest BCUT2D eigenvalue weighted by Crippen LogP contribution is -2.26. The summed E-state index contributed by atoms with van der Waals surface area (Å²) in [5.74, 6) is 2.93. The molecule has 0 fully saturated rings. The van der Waals surface area contributed by atoms with Crippen LogP contribution in [0, 0.1) is 0 Å². The van der Waals surface area contributed by atoms with Gasteiger partial charge in [-0.25, -0.2) is 4.98 Å². The quantitative estimate of drug-likeness (QED) is 0.936. The van der Waals surface area contributed by atoms with Gasteiger partial charge in [0.25, 0.3) is 0 Å². The van der Waals surface area contributed by atoms with Gasteiger partial charge in [0.15, 0.2) is 0 Å². The fourth-order valence-corrected chi connectivity index (χ4v) is 3.66. The number of ether oxygens (including phenoxy) is 1. The molecular weight excluding hydrogens is 268 g/mol. The minimum Gasteiger partial charge on any atom is -0.481 e. The van der Waals surface area contributed by atoms with Gasteiger partial charge in [0.2, 0.25) is 5.88 Å². The molecule has 3 rings (SSSR count). The van der Waals surface area contributed by atoms with Gasteiger partial charge in [0.05, 0.1) is 7.11 Å². The van der Waals surface area contributed by atoms with Gasteiger partial charge >= 0.3 is 0 Å². The number of fused-ring (bicyclic) bond motifs is 1. The Bertz CT molecular complexity index is 588. The minimum atomic E-state index is 0.398. The summed E-state index contributed by atoms with van der Waals surface area (Å²) >= 11 is 1.98. The van der Waals surface area contributed by atoms with Gasteiger partial charge in [-0.15, -0.1) is 0 Å². The van der Waals surface area contributed by atoms with Crippen LogP contribution in [0.5, 0.6) is 5.88 Å². The van der Waals surface area contributed by atoms with Crippen molar-refractivity contribution in [3.63, 3.8) is 0 Å². The highest BCUT2D eigenvalue weighted by atomic mass is 32.2. The largest absolute Gasteiger partial charge is 0.481 e. The summed E-state index contributed by atoms with van der Waals surface area (Å²) in [5, 5.41) is 3.63. The van der Waals surface area contributed by atoms with Crippen LogP contribution in [0.4, 0.5) is 0 Å². The van der Waals surface area contributed by atoms with Gasteiger partial charge in [-0.05, 0) is 17.2 Å². The number of rotatable bonds is 4. The van der Waals surface area contributed by atoms with Crippen LogP contribution in [0.15, 0.2) is 42.6 Å². The van der Waals surface area contributed by atoms with Crippen molar-refractivity contribution >= 4 is 11.8 Å². The lowest BCUT2D eigenvalue weighted by Gasteiger charge is -2.26. The van der Waals surface area contributed by atoms with Gasteiger partial charge < -0.3 is 10.1 Å². The van der Waals surface area contributed by atoms with Gasteiger partial charge in [0, 0.05) is 35.9 Å². The molecule has 2 heterocycles. The Morgan fingerprint density at radius 3 is 3.10 bits per heavy atom. The van der Waals surface area contributed by atoms with Crippen molar-refractivity contribution in [2.24, 2.45) is 0 Å². The predicted octanol–water partition coefficient (Wildman–Crippen LogP) is 3.17. The third-order valence-corrected chi connectivity index (χ3v) is 4.64. The lowest BCUT2D eigenvalue weighted by atomic mass is 10.0. The highest BCUT2D eigenvalue weighted by molar-refractivity contribution is 7.98. The number of thioether (sulfide) groups is 1. The van der Waals surface area contributed by atoms with Crippen molar-refractivity contribution in [1.82, 2.24) is 10.3 Å². The summed E-state index contributed by atoms with van der Waals surface area (Å²) in [4.78, 5) is 4.24. The SMILES string of the molecule is COc1ncccc1CNC1CSCc2ccccc21. The maximum atomic E-state index is 5.30. The molecule has 0 radical (unpaired) electrons. The van der Waals surface area contributed by atoms with E-state index in [1.807, 2.05) is 17.8 Å². The van der Waals surface area contributed by atoms with Crippen molar-refractivity contribution in [3.05, 3.63) is 59.3 Å². The molecule has 1 unspecified atom stereocenters. The summed E-state index contributed by atoms with van der Waals surface area (Å²) < 4.78 is 5.30. The summed E-state index contributed by atoms with van der Waals surface area (Å²) in [6.45, 7) is 0.774. The zero-order valence-corrected chi connectivity index (χ0v) is 12.3. The predicted molar refractivity (Wildman–Crippen MR) is 83.0 cm³/mol. The normalized spacial score (nSPS) is 17.6. The van der Waals surface area contributed by atoms with Crippen LogP contribution < -0.4 is 10.1 Å². The van der Waals surface area contributed by atoms with Crippen molar-refractivity contribution < 1.29 is 4.74 Å². The van der Waals surface area contributed by atoms with Crippen LogP contribution in [-0.4, -0.2) is 17.8 Å². The first-order chi connectivity index (χ1) is 9.88. The first-order valence-corrected chi connectivity index (χ1v) is 7.91. The second-order valence-corrected chi connectivity index (χ2v) is 5.85. The zero-order chi connectivity index (χ0) is 13.8. The van der Waals surface area contributed by atoms with Crippen LogP contribution in [0.2, 0.25) is 0 Å². The minimum absolute atomic E-state index is 0.398. The Morgan fingerprint density at radius 2 is 2.20 bits per heavy atom. The van der Waals surface area contributed by atoms with Crippen LogP contribution in [-0.2, 0) is 12.3 Å². The topological polar surface area (TPSA) is 34.1 Å². The Hall–Kier alpha value is -1.52. The zero-order valence-electron chi connectivity index (χ0n) is 11.5. The molecule has 0 saturated heterocycles. The molecule has 1 aromatic carbocycles. The number of nitrogens with zero attached hydrogens (tertiary/aromatic N) is 1. The van der Waals surface area contributed by atoms with Gasteiger partial charge in [-0.1, -0.05) is 30.3 Å². The molecule has 0 saturated carbocycles. The average molecular weight is 286 g/mol. The van der Waals surface area contributed by atoms with Gasteiger partial charge in [0.1, 0.15) is 0 Å². The molecule has 0 amide bonds. The molecule has 0 spiro atoms. The smallest absolute Gasteiger partial charge is 0.217 e. The maximum Gasteiger partial charge on any atom is 0.217 e. The molecule has 1 aromatic heterocycles. The number of pyridine rings is 1. The number of methoxy groups -OCH3 is 1. The van der Waals surface area contributed by atoms with E-state index in [4.69, 9.17) is 4.74 Å². The fraction of sp³-hybridized carbons (Fsp3) is 0.312. The molecule has 1 aliphatic rings. The second kappa shape index (κ2) is 6.29. The monoisotopic (exact) mass is 286 g/mol. The Morgan fingerprint density at radius 1 is 1.30 bits per heavy atom. The molecule has 20 heavy (non-hydrogen) atoms. The number of aromatic nitrogens is 1. The fourth-order valence-electron chi connectivity index (χ4n) is 2.53. The molecule has 4 heteroatoms. The van der Waals surface area contributed by atoms with E-state index in [9.17, 15) is 0 Å². The summed E-state index contributed by atoms with van der Waals surface area (Å²) in [6.07, 6.45) is 1.76. The Labute approximate surface area is 123 Å². The third kappa shape index (κ3) is 2.81. The molecule has 2 aromatic rings. The van der Waals surface area contributed by atoms with E-state index in [-0.39, 0.29) is 0 Å². The number of hydrogen-bond acceptors (Lipinski definition) is 4. The lowest BCUT2D eigenvalue weighted by molar-refractivity contribution is 0.389. The summed E-state index contributed by atoms with van der Waals surface area (Å²) in [5.41, 5.74) is 3.97. The Kier molecular flexibility index (Phi) is 4.23. The van der Waals surface area contributed by atoms with E-state index in [2.05, 4.69) is 40.6 Å². The first-order valence-electron chi connectivity index (χ1n) is 6.75. The first kappa shape index (κ1) is 13.5. The summed E-state index contributed by atoms with van der Waals surface area (Å²) in [6, 6.07) is 13.1. The standard InChI is InChI=1S/C16H18N2OS/c1-19-16-12(6-4-8-17-16)9-18-15-11-20-10-13-5-2-3-7-14(13)15/h2-8,15,18H,9-11H2,1H3. The van der Waals surface area contributed by atoms with Crippen LogP contribution in [0.1, 0.15) is 22.7 Å². The van der Waals surface area contributed by atoms with E-state index in [1.165, 1.54) is 11.1 Å². The number of benzene rings is 1. The van der Waals surface area contributed by atoms with Crippen molar-refractivity contribution in [2.75, 3.05) is 12.9 Å². The highest BCUT2D eigenvalue weighted by Crippen LogP contribution is 2.31. The molecule has 104 valence electrons. The molecular formula is C16H18N2OS. The number of nitrogens with one attached hydrogen (secondary N) is 1. The molecule has 3 nitrogen and oxygen atoms in total. The molecule has 1 atom stereocenters. The van der Waals surface area contributed by atoms with E-state index < -0.39 is 0 Å². The van der Waals surface area contributed by atoms with Crippen LogP contribution in [0.25, 0.3) is 0 Å². The summed E-state index contributed by atoms with van der Waals surface area (Å²) in [7, 11) is 1.66. The van der Waals surface area contributed by atoms with Crippen molar-refractivity contribution in [3.8, 4) is 5.88 Å². The average Bonchev–Trinajstić information content (AvgIpc) is 2.53. The molecule has 0 bridgehead atoms. The van der Waals surface area contributed by atoms with Gasteiger partial charge in [-0.2, -0.15) is 11.8 Å². The van der Waals surface area contributed by atoms with E-state index in [1.54, 1.807) is 13.3 Å². The van der Waals surface area contributed by atoms with Crippen LogP contribution in [0.3, 0.4) is 0 Å². The third-order valence-electron chi connectivity index (χ3n) is 3.55. The van der Waals surface area contributed by atoms with Crippen LogP contribution >= 0.6 is 11.8 Å². The molecule has 0 aliphatic carbocycles. The van der Waals surface area contributed by atoms with Crippen molar-refractivity contribution in [2.45, 2.75) is 18.3 Å². The Balaban J connectivity index is 1.73. The van der Waals surface area contributed by atoms with E-state index >= 15 is 0 Å². The molecule has 1 aliphatic heterocycles. The second-order valence-electron chi connectivity index (χ2n) is 4.82. The molecule has 1 N–H and O–H groups in total.